The van der Waals surface area contributed by atoms with Crippen LogP contribution in [0, 0.1) is 0 Å². The number of aryl methyl sites for hydroxylation is 1. The van der Waals surface area contributed by atoms with Gasteiger partial charge in [0.25, 0.3) is 0 Å². The van der Waals surface area contributed by atoms with Gasteiger partial charge < -0.3 is 18.9 Å². The van der Waals surface area contributed by atoms with E-state index in [0.29, 0.717) is 0 Å². The molecule has 1 aliphatic heterocycles. The fourth-order valence-corrected chi connectivity index (χ4v) is 11.3. The van der Waals surface area contributed by atoms with Gasteiger partial charge in [0.2, 0.25) is 0 Å². The molecule has 0 saturated heterocycles. The maximum absolute atomic E-state index is 7.28. The first-order chi connectivity index (χ1) is 31.4. The molecule has 1 aliphatic carbocycles. The van der Waals surface area contributed by atoms with Crippen molar-refractivity contribution in [3.8, 4) is 28.2 Å². The predicted octanol–water partition coefficient (Wildman–Crippen LogP) is 14.6. The summed E-state index contributed by atoms with van der Waals surface area (Å²) >= 11 is 0. The zero-order valence-electron chi connectivity index (χ0n) is 40.3. The van der Waals surface area contributed by atoms with Crippen molar-refractivity contribution in [2.24, 2.45) is 7.05 Å². The largest absolute Gasteiger partial charge is 0.455 e. The molecule has 10 aromatic rings. The molecule has 2 aliphatic rings. The summed E-state index contributed by atoms with van der Waals surface area (Å²) in [6.45, 7) is 23.5. The maximum Gasteiger partial charge on any atom is 0.198 e. The molecule has 0 fully saturated rings. The number of imidazole rings is 1. The Morgan fingerprint density at radius 1 is 0.667 bits per heavy atom. The Bertz CT molecular complexity index is 3660. The SMILES string of the molecule is Cn1c(-c2ccccc2)nc2cc3c(cc21)-n1c2cc4c(cc2c2c5oc6ccccc6c5c(-c5cc(C(C)(C)C)ccc5Nc5ccc(C(C)(C)C)cc5)c(c21)[B]3)C(C)(C)CCC4(C)C. The van der Waals surface area contributed by atoms with Gasteiger partial charge in [-0.3, -0.25) is 0 Å². The van der Waals surface area contributed by atoms with Gasteiger partial charge in [-0.15, -0.1) is 0 Å². The van der Waals surface area contributed by atoms with Crippen molar-refractivity contribution in [3.05, 3.63) is 144 Å². The Kier molecular flexibility index (Phi) is 8.54. The van der Waals surface area contributed by atoms with Crippen molar-refractivity contribution in [2.75, 3.05) is 5.32 Å². The van der Waals surface area contributed by atoms with Gasteiger partial charge >= 0.3 is 0 Å². The van der Waals surface area contributed by atoms with E-state index in [1.807, 2.05) is 0 Å². The second-order valence-corrected chi connectivity index (χ2v) is 22.7. The molecule has 0 amide bonds. The molecule has 66 heavy (non-hydrogen) atoms. The summed E-state index contributed by atoms with van der Waals surface area (Å²) < 4.78 is 12.1. The molecule has 12 rings (SSSR count). The molecule has 5 nitrogen and oxygen atoms in total. The fraction of sp³-hybridized carbons (Fsp3) is 0.283. The van der Waals surface area contributed by atoms with Crippen molar-refractivity contribution in [2.45, 2.75) is 104 Å². The summed E-state index contributed by atoms with van der Waals surface area (Å²) in [5.41, 5.74) is 20.9. The van der Waals surface area contributed by atoms with Crippen molar-refractivity contribution in [3.63, 3.8) is 0 Å². The highest BCUT2D eigenvalue weighted by atomic mass is 16.3. The zero-order valence-corrected chi connectivity index (χ0v) is 40.3. The number of nitrogens with zero attached hydrogens (tertiary/aromatic N) is 3. The Labute approximate surface area is 389 Å². The van der Waals surface area contributed by atoms with E-state index in [2.05, 4.69) is 219 Å². The highest BCUT2D eigenvalue weighted by Crippen LogP contribution is 2.52. The lowest BCUT2D eigenvalue weighted by Crippen LogP contribution is -2.37. The molecular formula is C60H58BN4O. The molecule has 0 saturated carbocycles. The monoisotopic (exact) mass is 861 g/mol. The number of anilines is 2. The van der Waals surface area contributed by atoms with Crippen LogP contribution in [0.5, 0.6) is 0 Å². The third-order valence-corrected chi connectivity index (χ3v) is 15.3. The van der Waals surface area contributed by atoms with Crippen molar-refractivity contribution in [1.29, 1.82) is 0 Å². The third-order valence-electron chi connectivity index (χ3n) is 15.3. The average Bonchev–Trinajstić information content (AvgIpc) is 3.94. The van der Waals surface area contributed by atoms with E-state index < -0.39 is 0 Å². The van der Waals surface area contributed by atoms with Gasteiger partial charge in [-0.25, -0.2) is 4.98 Å². The molecule has 0 unspecified atom stereocenters. The number of rotatable bonds is 4. The molecule has 4 heterocycles. The first kappa shape index (κ1) is 40.9. The molecule has 3 aromatic heterocycles. The molecule has 7 aromatic carbocycles. The first-order valence-corrected chi connectivity index (χ1v) is 23.8. The minimum atomic E-state index is -0.0918. The molecule has 0 atom stereocenters. The Morgan fingerprint density at radius 2 is 1.33 bits per heavy atom. The van der Waals surface area contributed by atoms with Gasteiger partial charge in [0, 0.05) is 51.4 Å². The number of fused-ring (bicyclic) bond motifs is 11. The second-order valence-electron chi connectivity index (χ2n) is 22.7. The van der Waals surface area contributed by atoms with E-state index in [9.17, 15) is 0 Å². The van der Waals surface area contributed by atoms with Crippen molar-refractivity contribution in [1.82, 2.24) is 14.1 Å². The number of para-hydroxylation sites is 1. The van der Waals surface area contributed by atoms with Gasteiger partial charge in [-0.1, -0.05) is 141 Å². The Hall–Kier alpha value is -6.53. The van der Waals surface area contributed by atoms with E-state index in [-0.39, 0.29) is 21.7 Å². The lowest BCUT2D eigenvalue weighted by Gasteiger charge is -2.42. The molecule has 0 bridgehead atoms. The number of furan rings is 1. The van der Waals surface area contributed by atoms with Crippen LogP contribution in [0.25, 0.3) is 83.0 Å². The minimum Gasteiger partial charge on any atom is -0.455 e. The zero-order chi connectivity index (χ0) is 45.8. The lowest BCUT2D eigenvalue weighted by molar-refractivity contribution is 0.332. The topological polar surface area (TPSA) is 47.9 Å². The van der Waals surface area contributed by atoms with E-state index in [4.69, 9.17) is 9.40 Å². The van der Waals surface area contributed by atoms with Gasteiger partial charge in [0.05, 0.1) is 27.5 Å². The number of nitrogens with one attached hydrogen (secondary N) is 1. The lowest BCUT2D eigenvalue weighted by atomic mass is 9.58. The molecule has 6 heteroatoms. The maximum atomic E-state index is 7.28. The highest BCUT2D eigenvalue weighted by molar-refractivity contribution is 6.74. The second kappa shape index (κ2) is 13.8. The van der Waals surface area contributed by atoms with Gasteiger partial charge in [-0.05, 0) is 122 Å². The van der Waals surface area contributed by atoms with Gasteiger partial charge in [-0.2, -0.15) is 0 Å². The summed E-state index contributed by atoms with van der Waals surface area (Å²) in [7, 11) is 4.61. The Balaban J connectivity index is 1.24. The quantitative estimate of drug-likeness (QED) is 0.179. The first-order valence-electron chi connectivity index (χ1n) is 23.8. The third kappa shape index (κ3) is 6.02. The Morgan fingerprint density at radius 3 is 2.05 bits per heavy atom. The number of hydrogen-bond acceptors (Lipinski definition) is 3. The van der Waals surface area contributed by atoms with Crippen LogP contribution >= 0.6 is 0 Å². The molecule has 327 valence electrons. The van der Waals surface area contributed by atoms with Crippen LogP contribution in [0.15, 0.2) is 126 Å². The van der Waals surface area contributed by atoms with Crippen LogP contribution in [-0.4, -0.2) is 21.4 Å². The average molecular weight is 862 g/mol. The van der Waals surface area contributed by atoms with E-state index in [1.54, 1.807) is 0 Å². The van der Waals surface area contributed by atoms with Crippen LogP contribution in [-0.2, 0) is 28.7 Å². The van der Waals surface area contributed by atoms with Crippen LogP contribution in [0.1, 0.15) is 104 Å². The molecular weight excluding hydrogens is 803 g/mol. The highest BCUT2D eigenvalue weighted by Gasteiger charge is 2.40. The van der Waals surface area contributed by atoms with E-state index in [1.165, 1.54) is 55.1 Å². The smallest absolute Gasteiger partial charge is 0.198 e. The standard InChI is InChI=1S/C60H58BN4O/c1-57(2,3)35-21-24-37(25-22-35)62-44-26-23-36(58(4,5)6)29-39(44)50-51-38-19-15-16-20-49(38)66-55(51)52-40-30-41-42(60(9,10)28-27-59(41,7)8)31-46(40)65-47-33-48-45(32-43(47)61-53(50)54(52)65)63-56(64(48)11)34-17-13-12-14-18-34/h12-26,29-33,62H,27-28H2,1-11H3. The van der Waals surface area contributed by atoms with Gasteiger partial charge in [0.15, 0.2) is 7.28 Å². The number of aromatic nitrogens is 3. The van der Waals surface area contributed by atoms with Crippen LogP contribution in [0.2, 0.25) is 0 Å². The van der Waals surface area contributed by atoms with Gasteiger partial charge in [0.1, 0.15) is 17.0 Å². The van der Waals surface area contributed by atoms with Crippen molar-refractivity contribution >= 4 is 84.4 Å². The summed E-state index contributed by atoms with van der Waals surface area (Å²) in [5.74, 6) is 0.959. The predicted molar refractivity (Wildman–Crippen MR) is 281 cm³/mol. The molecule has 0 spiro atoms. The molecule has 1 radical (unpaired) electrons. The minimum absolute atomic E-state index is 0.0255. The van der Waals surface area contributed by atoms with Crippen LogP contribution in [0.3, 0.4) is 0 Å². The van der Waals surface area contributed by atoms with E-state index >= 15 is 0 Å². The fourth-order valence-electron chi connectivity index (χ4n) is 11.3. The summed E-state index contributed by atoms with van der Waals surface area (Å²) in [6, 6.07) is 45.0. The van der Waals surface area contributed by atoms with Crippen molar-refractivity contribution < 1.29 is 4.42 Å². The normalized spacial score (nSPS) is 15.4. The summed E-state index contributed by atoms with van der Waals surface area (Å²) in [6.07, 6.45) is 2.29. The van der Waals surface area contributed by atoms with Crippen LogP contribution < -0.4 is 16.2 Å². The van der Waals surface area contributed by atoms with Crippen LogP contribution in [0.4, 0.5) is 11.4 Å². The summed E-state index contributed by atoms with van der Waals surface area (Å²) in [5, 5.41) is 8.63. The van der Waals surface area contributed by atoms with E-state index in [0.717, 1.165) is 85.3 Å². The molecule has 1 N–H and O–H groups in total. The number of benzene rings is 7. The summed E-state index contributed by atoms with van der Waals surface area (Å²) in [4.78, 5) is 5.33. The number of hydrogen-bond donors (Lipinski definition) is 1.